The van der Waals surface area contributed by atoms with Gasteiger partial charge in [-0.25, -0.2) is 4.79 Å². The topological polar surface area (TPSA) is 120 Å². The smallest absolute Gasteiger partial charge is 0.387 e. The van der Waals surface area contributed by atoms with E-state index in [0.29, 0.717) is 52.8 Å². The normalized spacial score (nSPS) is 21.4. The highest BCUT2D eigenvalue weighted by Crippen LogP contribution is 2.47. The third-order valence-electron chi connectivity index (χ3n) is 6.32. The highest BCUT2D eigenvalue weighted by molar-refractivity contribution is 5.95. The zero-order chi connectivity index (χ0) is 23.9. The van der Waals surface area contributed by atoms with Crippen molar-refractivity contribution in [3.8, 4) is 17.0 Å². The SMILES string of the molecule is O=C1O[C@]2(CC[C@@H](C(=O)Nc3cc(-c4ccccc4OC(F)F)[nH]n3)CC2)c2c[n+]([O-])ccc21. The lowest BCUT2D eigenvalue weighted by molar-refractivity contribution is -0.606. The molecule has 1 aliphatic heterocycles. The molecule has 0 saturated heterocycles. The zero-order valence-electron chi connectivity index (χ0n) is 17.8. The lowest BCUT2D eigenvalue weighted by Gasteiger charge is -2.35. The van der Waals surface area contributed by atoms with Gasteiger partial charge < -0.3 is 20.0 Å². The number of alkyl halides is 2. The van der Waals surface area contributed by atoms with Gasteiger partial charge in [-0.2, -0.15) is 18.6 Å². The first kappa shape index (κ1) is 21.8. The van der Waals surface area contributed by atoms with Crippen LogP contribution in [0.5, 0.6) is 5.75 Å². The van der Waals surface area contributed by atoms with Gasteiger partial charge in [0.1, 0.15) is 11.4 Å². The summed E-state index contributed by atoms with van der Waals surface area (Å²) in [4.78, 5) is 25.1. The van der Waals surface area contributed by atoms with Gasteiger partial charge in [-0.1, -0.05) is 12.1 Å². The molecule has 0 atom stereocenters. The number of fused-ring (bicyclic) bond motifs is 2. The lowest BCUT2D eigenvalue weighted by Crippen LogP contribution is -2.37. The van der Waals surface area contributed by atoms with Crippen LogP contribution in [0.3, 0.4) is 0 Å². The molecule has 176 valence electrons. The molecule has 2 aromatic heterocycles. The summed E-state index contributed by atoms with van der Waals surface area (Å²) in [5, 5.41) is 21.3. The molecule has 34 heavy (non-hydrogen) atoms. The number of hydrogen-bond acceptors (Lipinski definition) is 6. The number of esters is 1. The van der Waals surface area contributed by atoms with Gasteiger partial charge in [0.25, 0.3) is 0 Å². The summed E-state index contributed by atoms with van der Waals surface area (Å²) in [6.45, 7) is -2.97. The van der Waals surface area contributed by atoms with E-state index in [1.807, 2.05) is 0 Å². The monoisotopic (exact) mass is 470 g/mol. The van der Waals surface area contributed by atoms with Gasteiger partial charge in [-0.3, -0.25) is 9.89 Å². The van der Waals surface area contributed by atoms with Crippen LogP contribution in [0, 0.1) is 11.1 Å². The largest absolute Gasteiger partial charge is 0.619 e. The van der Waals surface area contributed by atoms with Crippen LogP contribution in [0.2, 0.25) is 0 Å². The second kappa shape index (κ2) is 8.40. The summed E-state index contributed by atoms with van der Waals surface area (Å²) in [5.74, 6) is -0.814. The molecule has 0 radical (unpaired) electrons. The molecule has 5 rings (SSSR count). The Morgan fingerprint density at radius 2 is 2.03 bits per heavy atom. The number of nitrogens with zero attached hydrogens (tertiary/aromatic N) is 2. The number of H-pyrrole nitrogens is 1. The molecule has 1 saturated carbocycles. The quantitative estimate of drug-likeness (QED) is 0.335. The molecule has 1 fully saturated rings. The van der Waals surface area contributed by atoms with E-state index in [0.717, 1.165) is 0 Å². The Balaban J connectivity index is 1.25. The number of aromatic amines is 1. The van der Waals surface area contributed by atoms with E-state index in [1.165, 1.54) is 30.6 Å². The van der Waals surface area contributed by atoms with E-state index in [1.54, 1.807) is 18.2 Å². The molecule has 0 bridgehead atoms. The van der Waals surface area contributed by atoms with Crippen molar-refractivity contribution in [2.24, 2.45) is 5.92 Å². The Labute approximate surface area is 192 Å². The number of carbonyl (C=O) groups excluding carboxylic acids is 2. The molecule has 1 spiro atoms. The van der Waals surface area contributed by atoms with Crippen molar-refractivity contribution < 1.29 is 32.6 Å². The minimum Gasteiger partial charge on any atom is -0.619 e. The molecule has 3 heterocycles. The number of halogens is 2. The van der Waals surface area contributed by atoms with Gasteiger partial charge >= 0.3 is 12.6 Å². The molecule has 1 aliphatic carbocycles. The maximum atomic E-state index is 12.8. The fourth-order valence-corrected chi connectivity index (χ4v) is 4.66. The van der Waals surface area contributed by atoms with E-state index in [-0.39, 0.29) is 23.4 Å². The number of anilines is 1. The van der Waals surface area contributed by atoms with Crippen molar-refractivity contribution in [1.29, 1.82) is 0 Å². The van der Waals surface area contributed by atoms with E-state index in [2.05, 4.69) is 20.3 Å². The van der Waals surface area contributed by atoms with E-state index in [9.17, 15) is 23.6 Å². The third-order valence-corrected chi connectivity index (χ3v) is 6.32. The number of ether oxygens (including phenoxy) is 2. The third kappa shape index (κ3) is 3.93. The molecule has 1 amide bonds. The molecule has 2 aliphatic rings. The van der Waals surface area contributed by atoms with E-state index < -0.39 is 18.2 Å². The average molecular weight is 470 g/mol. The second-order valence-corrected chi connectivity index (χ2v) is 8.32. The summed E-state index contributed by atoms with van der Waals surface area (Å²) < 4.78 is 36.2. The van der Waals surface area contributed by atoms with Crippen LogP contribution in [0.15, 0.2) is 48.8 Å². The predicted octanol–water partition coefficient (Wildman–Crippen LogP) is 3.51. The Bertz CT molecular complexity index is 1250. The van der Waals surface area contributed by atoms with E-state index in [4.69, 9.17) is 4.74 Å². The number of benzene rings is 1. The number of aromatic nitrogens is 3. The first-order valence-electron chi connectivity index (χ1n) is 10.7. The molecule has 2 N–H and O–H groups in total. The van der Waals surface area contributed by atoms with Gasteiger partial charge in [0.15, 0.2) is 18.2 Å². The fourth-order valence-electron chi connectivity index (χ4n) is 4.66. The predicted molar refractivity (Wildman–Crippen MR) is 114 cm³/mol. The number of hydrogen-bond donors (Lipinski definition) is 2. The number of rotatable bonds is 5. The number of carbonyl (C=O) groups is 2. The van der Waals surface area contributed by atoms with Crippen molar-refractivity contribution in [2.75, 3.05) is 5.32 Å². The first-order chi connectivity index (χ1) is 16.3. The van der Waals surface area contributed by atoms with Crippen molar-refractivity contribution in [2.45, 2.75) is 37.9 Å². The van der Waals surface area contributed by atoms with Crippen LogP contribution >= 0.6 is 0 Å². The Morgan fingerprint density at radius 3 is 2.79 bits per heavy atom. The average Bonchev–Trinajstić information content (AvgIpc) is 3.37. The number of nitrogens with one attached hydrogen (secondary N) is 2. The highest BCUT2D eigenvalue weighted by atomic mass is 19.3. The standard InChI is InChI=1S/C23H20F2N4O5/c24-22(25)33-18-4-2-1-3-15(18)17-11-19(28-27-17)26-20(30)13-5-8-23(9-6-13)16-12-29(32)10-7-14(16)21(31)34-23/h1-4,7,10-13,22H,5-6,8-9H2,(H2,26,27,28,30)/t13-,23+. The van der Waals surface area contributed by atoms with Crippen LogP contribution in [-0.4, -0.2) is 28.7 Å². The summed E-state index contributed by atoms with van der Waals surface area (Å²) >= 11 is 0. The van der Waals surface area contributed by atoms with Crippen molar-refractivity contribution >= 4 is 17.7 Å². The maximum Gasteiger partial charge on any atom is 0.387 e. The number of pyridine rings is 1. The minimum absolute atomic E-state index is 0.0117. The van der Waals surface area contributed by atoms with Crippen LogP contribution in [0.4, 0.5) is 14.6 Å². The maximum absolute atomic E-state index is 12.8. The zero-order valence-corrected chi connectivity index (χ0v) is 17.8. The minimum atomic E-state index is -2.97. The summed E-state index contributed by atoms with van der Waals surface area (Å²) in [5.41, 5.74) is 0.859. The van der Waals surface area contributed by atoms with Gasteiger partial charge in [-0.05, 0) is 37.8 Å². The van der Waals surface area contributed by atoms with Crippen LogP contribution in [0.25, 0.3) is 11.3 Å². The number of amides is 1. The first-order valence-corrected chi connectivity index (χ1v) is 10.7. The van der Waals surface area contributed by atoms with Crippen molar-refractivity contribution in [1.82, 2.24) is 10.2 Å². The molecule has 1 aromatic carbocycles. The number of para-hydroxylation sites is 1. The Kier molecular flexibility index (Phi) is 5.39. The fraction of sp³-hybridized carbons (Fsp3) is 0.304. The van der Waals surface area contributed by atoms with Gasteiger partial charge in [0, 0.05) is 23.6 Å². The Morgan fingerprint density at radius 1 is 1.26 bits per heavy atom. The molecule has 9 nitrogen and oxygen atoms in total. The molecular weight excluding hydrogens is 450 g/mol. The van der Waals surface area contributed by atoms with Gasteiger partial charge in [-0.15, -0.1) is 0 Å². The molecule has 3 aromatic rings. The van der Waals surface area contributed by atoms with Crippen molar-refractivity contribution in [3.63, 3.8) is 0 Å². The van der Waals surface area contributed by atoms with Gasteiger partial charge in [0.05, 0.1) is 16.8 Å². The van der Waals surface area contributed by atoms with Crippen LogP contribution in [-0.2, 0) is 15.1 Å². The molecule has 0 unspecified atom stereocenters. The van der Waals surface area contributed by atoms with E-state index >= 15 is 0 Å². The molecular formula is C23H20F2N4O5. The van der Waals surface area contributed by atoms with Crippen LogP contribution in [0.1, 0.15) is 41.6 Å². The molecule has 11 heteroatoms. The summed E-state index contributed by atoms with van der Waals surface area (Å²) in [6, 6.07) is 9.26. The second-order valence-electron chi connectivity index (χ2n) is 8.32. The summed E-state index contributed by atoms with van der Waals surface area (Å²) in [7, 11) is 0. The van der Waals surface area contributed by atoms with Crippen molar-refractivity contribution in [3.05, 3.63) is 65.1 Å². The lowest BCUT2D eigenvalue weighted by atomic mass is 9.75. The van der Waals surface area contributed by atoms with Gasteiger partial charge in [0.2, 0.25) is 5.91 Å². The summed E-state index contributed by atoms with van der Waals surface area (Å²) in [6.07, 6.45) is 4.36. The highest BCUT2D eigenvalue weighted by Gasteiger charge is 2.50. The van der Waals surface area contributed by atoms with Crippen LogP contribution < -0.4 is 14.8 Å². The Hall–Kier alpha value is -4.02.